The van der Waals surface area contributed by atoms with Crippen LogP contribution in [-0.2, 0) is 4.74 Å². The first-order valence-corrected chi connectivity index (χ1v) is 4.12. The zero-order valence-corrected chi connectivity index (χ0v) is 7.21. The summed E-state index contributed by atoms with van der Waals surface area (Å²) in [6.07, 6.45) is 1.08. The summed E-state index contributed by atoms with van der Waals surface area (Å²) in [6, 6.07) is 0. The first-order chi connectivity index (χ1) is 5.22. The lowest BCUT2D eigenvalue weighted by molar-refractivity contribution is 0.224. The molecule has 1 rings (SSSR count). The summed E-state index contributed by atoms with van der Waals surface area (Å²) in [7, 11) is 0. The minimum absolute atomic E-state index is 0.142. The molecule has 1 unspecified atom stereocenters. The Morgan fingerprint density at radius 3 is 2.91 bits per heavy atom. The Balaban J connectivity index is 2.28. The topological polar surface area (TPSA) is 47.6 Å². The van der Waals surface area contributed by atoms with E-state index in [1.807, 2.05) is 0 Å². The van der Waals surface area contributed by atoms with Crippen molar-refractivity contribution >= 4 is 5.90 Å². The largest absolute Gasteiger partial charge is 0.474 e. The van der Waals surface area contributed by atoms with Crippen LogP contribution in [-0.4, -0.2) is 25.1 Å². The molecule has 1 aliphatic heterocycles. The molecule has 1 heterocycles. The van der Waals surface area contributed by atoms with Crippen molar-refractivity contribution in [1.82, 2.24) is 0 Å². The molecule has 0 aromatic rings. The summed E-state index contributed by atoms with van der Waals surface area (Å²) in [4.78, 5) is 4.24. The van der Waals surface area contributed by atoms with Gasteiger partial charge in [0.25, 0.3) is 0 Å². The Labute approximate surface area is 67.6 Å². The van der Waals surface area contributed by atoms with Crippen molar-refractivity contribution in [2.75, 3.05) is 13.1 Å². The van der Waals surface area contributed by atoms with Crippen LogP contribution < -0.4 is 5.73 Å². The fourth-order valence-electron chi connectivity index (χ4n) is 1.06. The molecule has 0 aromatic carbocycles. The third-order valence-corrected chi connectivity index (χ3v) is 1.62. The maximum atomic E-state index is 5.45. The molecule has 2 N–H and O–H groups in total. The zero-order valence-electron chi connectivity index (χ0n) is 7.21. The monoisotopic (exact) mass is 156 g/mol. The van der Waals surface area contributed by atoms with Crippen molar-refractivity contribution in [3.05, 3.63) is 0 Å². The Kier molecular flexibility index (Phi) is 2.88. The number of hydrogen-bond donors (Lipinski definition) is 1. The molecule has 64 valence electrons. The Morgan fingerprint density at radius 1 is 1.73 bits per heavy atom. The zero-order chi connectivity index (χ0) is 8.27. The molecular weight excluding hydrogens is 140 g/mol. The lowest BCUT2D eigenvalue weighted by Crippen LogP contribution is -2.23. The Bertz CT molecular complexity index is 154. The standard InChI is InChI=1S/C8H16N2O/c1-6(2)3-8-10-5-7(4-9)11-8/h6-7H,3-5,9H2,1-2H3. The van der Waals surface area contributed by atoms with Gasteiger partial charge in [-0.25, -0.2) is 0 Å². The summed E-state index contributed by atoms with van der Waals surface area (Å²) >= 11 is 0. The normalized spacial score (nSPS) is 23.6. The van der Waals surface area contributed by atoms with E-state index in [0.29, 0.717) is 12.5 Å². The molecule has 0 aliphatic carbocycles. The fourth-order valence-corrected chi connectivity index (χ4v) is 1.06. The van der Waals surface area contributed by atoms with E-state index in [1.54, 1.807) is 0 Å². The molecule has 0 bridgehead atoms. The van der Waals surface area contributed by atoms with E-state index in [0.717, 1.165) is 18.9 Å². The Hall–Kier alpha value is -0.570. The SMILES string of the molecule is CC(C)CC1=NCC(CN)O1. The minimum Gasteiger partial charge on any atom is -0.474 e. The van der Waals surface area contributed by atoms with E-state index in [4.69, 9.17) is 10.5 Å². The van der Waals surface area contributed by atoms with Crippen molar-refractivity contribution in [1.29, 1.82) is 0 Å². The van der Waals surface area contributed by atoms with Gasteiger partial charge in [-0.15, -0.1) is 0 Å². The van der Waals surface area contributed by atoms with Crippen LogP contribution in [0.15, 0.2) is 4.99 Å². The van der Waals surface area contributed by atoms with Gasteiger partial charge in [0.15, 0.2) is 5.90 Å². The number of hydrogen-bond acceptors (Lipinski definition) is 3. The van der Waals surface area contributed by atoms with Gasteiger partial charge in [0.1, 0.15) is 6.10 Å². The van der Waals surface area contributed by atoms with Crippen LogP contribution in [0.25, 0.3) is 0 Å². The van der Waals surface area contributed by atoms with E-state index in [1.165, 1.54) is 0 Å². The molecule has 3 heteroatoms. The number of aliphatic imine (C=N–C) groups is 1. The van der Waals surface area contributed by atoms with E-state index >= 15 is 0 Å². The molecule has 11 heavy (non-hydrogen) atoms. The number of nitrogens with zero attached hydrogens (tertiary/aromatic N) is 1. The highest BCUT2D eigenvalue weighted by atomic mass is 16.5. The van der Waals surface area contributed by atoms with E-state index < -0.39 is 0 Å². The number of ether oxygens (including phenoxy) is 1. The lowest BCUT2D eigenvalue weighted by atomic mass is 10.1. The molecular formula is C8H16N2O. The maximum absolute atomic E-state index is 5.45. The second kappa shape index (κ2) is 3.72. The first-order valence-electron chi connectivity index (χ1n) is 4.12. The van der Waals surface area contributed by atoms with Gasteiger partial charge >= 0.3 is 0 Å². The van der Waals surface area contributed by atoms with Crippen LogP contribution in [0.3, 0.4) is 0 Å². The summed E-state index contributed by atoms with van der Waals surface area (Å²) in [5.74, 6) is 1.50. The van der Waals surface area contributed by atoms with E-state index in [2.05, 4.69) is 18.8 Å². The van der Waals surface area contributed by atoms with Crippen molar-refractivity contribution in [2.45, 2.75) is 26.4 Å². The molecule has 0 radical (unpaired) electrons. The van der Waals surface area contributed by atoms with Gasteiger partial charge in [-0.1, -0.05) is 13.8 Å². The molecule has 1 aliphatic rings. The molecule has 0 spiro atoms. The maximum Gasteiger partial charge on any atom is 0.184 e. The van der Waals surface area contributed by atoms with Gasteiger partial charge in [0.05, 0.1) is 6.54 Å². The molecule has 0 aromatic heterocycles. The second-order valence-corrected chi connectivity index (χ2v) is 3.31. The fraction of sp³-hybridized carbons (Fsp3) is 0.875. The molecule has 1 atom stereocenters. The lowest BCUT2D eigenvalue weighted by Gasteiger charge is -2.09. The Morgan fingerprint density at radius 2 is 2.45 bits per heavy atom. The molecule has 0 amide bonds. The summed E-state index contributed by atoms with van der Waals surface area (Å²) in [6.45, 7) is 5.63. The van der Waals surface area contributed by atoms with Gasteiger partial charge < -0.3 is 10.5 Å². The average Bonchev–Trinajstić information content (AvgIpc) is 2.34. The van der Waals surface area contributed by atoms with Crippen LogP contribution in [0.4, 0.5) is 0 Å². The van der Waals surface area contributed by atoms with Crippen LogP contribution in [0, 0.1) is 5.92 Å². The highest BCUT2D eigenvalue weighted by Gasteiger charge is 2.18. The van der Waals surface area contributed by atoms with Crippen molar-refractivity contribution in [2.24, 2.45) is 16.6 Å². The predicted octanol–water partition coefficient (Wildman–Crippen LogP) is 0.788. The quantitative estimate of drug-likeness (QED) is 0.656. The molecule has 0 fully saturated rings. The van der Waals surface area contributed by atoms with Gasteiger partial charge in [0.2, 0.25) is 0 Å². The van der Waals surface area contributed by atoms with E-state index in [-0.39, 0.29) is 6.10 Å². The van der Waals surface area contributed by atoms with Crippen molar-refractivity contribution in [3.63, 3.8) is 0 Å². The predicted molar refractivity (Wildman–Crippen MR) is 45.7 cm³/mol. The smallest absolute Gasteiger partial charge is 0.184 e. The molecule has 0 saturated heterocycles. The highest BCUT2D eigenvalue weighted by Crippen LogP contribution is 2.10. The van der Waals surface area contributed by atoms with Gasteiger partial charge in [-0.3, -0.25) is 4.99 Å². The minimum atomic E-state index is 0.142. The van der Waals surface area contributed by atoms with Crippen molar-refractivity contribution in [3.8, 4) is 0 Å². The van der Waals surface area contributed by atoms with Crippen LogP contribution in [0.5, 0.6) is 0 Å². The summed E-state index contributed by atoms with van der Waals surface area (Å²) in [5.41, 5.74) is 5.43. The van der Waals surface area contributed by atoms with Crippen molar-refractivity contribution < 1.29 is 4.74 Å². The number of nitrogens with two attached hydrogens (primary N) is 1. The van der Waals surface area contributed by atoms with Gasteiger partial charge in [0, 0.05) is 13.0 Å². The van der Waals surface area contributed by atoms with Gasteiger partial charge in [-0.05, 0) is 5.92 Å². The summed E-state index contributed by atoms with van der Waals surface area (Å²) in [5, 5.41) is 0. The third-order valence-electron chi connectivity index (χ3n) is 1.62. The van der Waals surface area contributed by atoms with Crippen LogP contribution >= 0.6 is 0 Å². The molecule has 3 nitrogen and oxygen atoms in total. The molecule has 0 saturated carbocycles. The summed E-state index contributed by atoms with van der Waals surface area (Å²) < 4.78 is 5.45. The number of rotatable bonds is 3. The van der Waals surface area contributed by atoms with E-state index in [9.17, 15) is 0 Å². The second-order valence-electron chi connectivity index (χ2n) is 3.31. The average molecular weight is 156 g/mol. The first kappa shape index (κ1) is 8.53. The van der Waals surface area contributed by atoms with Gasteiger partial charge in [-0.2, -0.15) is 0 Å². The highest BCUT2D eigenvalue weighted by molar-refractivity contribution is 5.77. The third kappa shape index (κ3) is 2.50. The van der Waals surface area contributed by atoms with Crippen LogP contribution in [0.1, 0.15) is 20.3 Å². The van der Waals surface area contributed by atoms with Crippen LogP contribution in [0.2, 0.25) is 0 Å².